The molecule has 2 N–H and O–H groups in total. The number of likely N-dealkylation sites (tertiary alicyclic amines) is 1. The van der Waals surface area contributed by atoms with Crippen molar-refractivity contribution in [3.8, 4) is 0 Å². The van der Waals surface area contributed by atoms with Crippen LogP contribution >= 0.6 is 0 Å². The second-order valence-electron chi connectivity index (χ2n) is 5.36. The van der Waals surface area contributed by atoms with Gasteiger partial charge in [-0.3, -0.25) is 10.2 Å². The van der Waals surface area contributed by atoms with Gasteiger partial charge in [-0.1, -0.05) is 0 Å². The molecule has 3 nitrogen and oxygen atoms in total. The van der Waals surface area contributed by atoms with Crippen molar-refractivity contribution in [2.45, 2.75) is 50.0 Å². The lowest BCUT2D eigenvalue weighted by Gasteiger charge is -2.29. The molecule has 0 radical (unpaired) electrons. The predicted octanol–water partition coefficient (Wildman–Crippen LogP) is 1.13. The molecule has 1 heterocycles. The third-order valence-corrected chi connectivity index (χ3v) is 3.72. The molecule has 1 aliphatic carbocycles. The third kappa shape index (κ3) is 3.11. The van der Waals surface area contributed by atoms with Gasteiger partial charge in [-0.05, 0) is 26.2 Å². The van der Waals surface area contributed by atoms with Gasteiger partial charge in [-0.25, -0.2) is 0 Å². The zero-order valence-electron chi connectivity index (χ0n) is 9.93. The Morgan fingerprint density at radius 1 is 1.41 bits per heavy atom. The number of rotatable bonds is 4. The molecular formula is C11H19F3N2O. The number of halogens is 3. The lowest BCUT2D eigenvalue weighted by atomic mass is 9.97. The van der Waals surface area contributed by atoms with Gasteiger partial charge in [0.15, 0.2) is 0 Å². The summed E-state index contributed by atoms with van der Waals surface area (Å²) >= 11 is 0. The average Bonchev–Trinajstić information content (AvgIpc) is 3.00. The first-order chi connectivity index (χ1) is 7.85. The molecule has 17 heavy (non-hydrogen) atoms. The van der Waals surface area contributed by atoms with E-state index >= 15 is 0 Å². The minimum absolute atomic E-state index is 0.239. The molecule has 1 saturated carbocycles. The van der Waals surface area contributed by atoms with E-state index in [0.717, 1.165) is 12.8 Å². The van der Waals surface area contributed by atoms with Crippen molar-refractivity contribution in [3.63, 3.8) is 0 Å². The zero-order chi connectivity index (χ0) is 12.7. The normalized spacial score (nSPS) is 35.5. The van der Waals surface area contributed by atoms with Crippen LogP contribution in [0.5, 0.6) is 0 Å². The number of hydrogen-bond donors (Lipinski definition) is 2. The predicted molar refractivity (Wildman–Crippen MR) is 57.7 cm³/mol. The minimum atomic E-state index is -4.22. The Morgan fingerprint density at radius 3 is 2.53 bits per heavy atom. The summed E-state index contributed by atoms with van der Waals surface area (Å²) in [4.78, 5) is 2.22. The van der Waals surface area contributed by atoms with Crippen LogP contribution in [0.2, 0.25) is 0 Å². The van der Waals surface area contributed by atoms with E-state index in [1.165, 1.54) is 0 Å². The Balaban J connectivity index is 1.95. The molecule has 0 bridgehead atoms. The van der Waals surface area contributed by atoms with Gasteiger partial charge in [0, 0.05) is 18.6 Å². The SMILES string of the molecule is CC1CC(CO)(NCC(F)(F)F)CN1C1CC1. The van der Waals surface area contributed by atoms with Crippen LogP contribution in [0.25, 0.3) is 0 Å². The standard InChI is InChI=1S/C11H19F3N2O/c1-8-4-10(7-17,15-5-11(12,13)14)6-16(8)9-2-3-9/h8-9,15,17H,2-7H2,1H3. The van der Waals surface area contributed by atoms with Crippen molar-refractivity contribution in [2.75, 3.05) is 19.7 Å². The van der Waals surface area contributed by atoms with Gasteiger partial charge in [0.05, 0.1) is 18.7 Å². The van der Waals surface area contributed by atoms with Crippen LogP contribution in [-0.4, -0.2) is 53.5 Å². The van der Waals surface area contributed by atoms with Gasteiger partial charge in [0.2, 0.25) is 0 Å². The van der Waals surface area contributed by atoms with Crippen LogP contribution < -0.4 is 5.32 Å². The van der Waals surface area contributed by atoms with Gasteiger partial charge in [-0.15, -0.1) is 0 Å². The van der Waals surface area contributed by atoms with Crippen molar-refractivity contribution in [3.05, 3.63) is 0 Å². The summed E-state index contributed by atoms with van der Waals surface area (Å²) in [5.74, 6) is 0. The highest BCUT2D eigenvalue weighted by atomic mass is 19.4. The molecule has 100 valence electrons. The van der Waals surface area contributed by atoms with Crippen molar-refractivity contribution in [1.29, 1.82) is 0 Å². The number of nitrogens with zero attached hydrogens (tertiary/aromatic N) is 1. The first-order valence-electron chi connectivity index (χ1n) is 6.04. The lowest BCUT2D eigenvalue weighted by Crippen LogP contribution is -2.53. The molecular weight excluding hydrogens is 233 g/mol. The molecule has 0 aromatic carbocycles. The van der Waals surface area contributed by atoms with Crippen molar-refractivity contribution in [1.82, 2.24) is 10.2 Å². The van der Waals surface area contributed by atoms with E-state index < -0.39 is 18.3 Å². The Hall–Kier alpha value is -0.330. The van der Waals surface area contributed by atoms with E-state index in [1.54, 1.807) is 0 Å². The molecule has 2 aliphatic rings. The van der Waals surface area contributed by atoms with E-state index in [9.17, 15) is 18.3 Å². The second kappa shape index (κ2) is 4.40. The van der Waals surface area contributed by atoms with E-state index in [2.05, 4.69) is 10.2 Å². The van der Waals surface area contributed by atoms with Crippen LogP contribution in [-0.2, 0) is 0 Å². The highest BCUT2D eigenvalue weighted by molar-refractivity contribution is 5.05. The first kappa shape index (κ1) is 13.1. The maximum atomic E-state index is 12.2. The summed E-state index contributed by atoms with van der Waals surface area (Å²) in [7, 11) is 0. The number of hydrogen-bond acceptors (Lipinski definition) is 3. The Morgan fingerprint density at radius 2 is 2.06 bits per heavy atom. The zero-order valence-corrected chi connectivity index (χ0v) is 9.93. The molecule has 2 atom stereocenters. The summed E-state index contributed by atoms with van der Waals surface area (Å²) < 4.78 is 36.7. The van der Waals surface area contributed by atoms with Gasteiger partial charge in [0.25, 0.3) is 0 Å². The quantitative estimate of drug-likeness (QED) is 0.787. The summed E-state index contributed by atoms with van der Waals surface area (Å²) in [6.45, 7) is 1.27. The van der Waals surface area contributed by atoms with Crippen molar-refractivity contribution in [2.24, 2.45) is 0 Å². The molecule has 0 aromatic rings. The van der Waals surface area contributed by atoms with Gasteiger partial charge >= 0.3 is 6.18 Å². The second-order valence-corrected chi connectivity index (χ2v) is 5.36. The third-order valence-electron chi connectivity index (χ3n) is 3.72. The van der Waals surface area contributed by atoms with Crippen LogP contribution in [0.15, 0.2) is 0 Å². The van der Waals surface area contributed by atoms with Crippen molar-refractivity contribution >= 4 is 0 Å². The van der Waals surface area contributed by atoms with Gasteiger partial charge in [0.1, 0.15) is 0 Å². The summed E-state index contributed by atoms with van der Waals surface area (Å²) in [6.07, 6.45) is -1.38. The summed E-state index contributed by atoms with van der Waals surface area (Å²) in [5, 5.41) is 11.9. The summed E-state index contributed by atoms with van der Waals surface area (Å²) in [6, 6.07) is 0.765. The summed E-state index contributed by atoms with van der Waals surface area (Å²) in [5.41, 5.74) is -0.780. The van der Waals surface area contributed by atoms with Crippen molar-refractivity contribution < 1.29 is 18.3 Å². The molecule has 0 amide bonds. The Labute approximate surface area is 99.0 Å². The molecule has 2 unspecified atom stereocenters. The molecule has 1 aliphatic heterocycles. The maximum Gasteiger partial charge on any atom is 0.401 e. The smallest absolute Gasteiger partial charge is 0.394 e. The van der Waals surface area contributed by atoms with E-state index in [-0.39, 0.29) is 12.6 Å². The minimum Gasteiger partial charge on any atom is -0.394 e. The van der Waals surface area contributed by atoms with Crippen LogP contribution in [0.1, 0.15) is 26.2 Å². The highest BCUT2D eigenvalue weighted by Gasteiger charge is 2.47. The molecule has 2 rings (SSSR count). The molecule has 1 saturated heterocycles. The van der Waals surface area contributed by atoms with Crippen LogP contribution in [0.4, 0.5) is 13.2 Å². The number of nitrogens with one attached hydrogen (secondary N) is 1. The van der Waals surface area contributed by atoms with Gasteiger partial charge < -0.3 is 5.11 Å². The van der Waals surface area contributed by atoms with E-state index in [0.29, 0.717) is 19.0 Å². The van der Waals surface area contributed by atoms with Crippen LogP contribution in [0.3, 0.4) is 0 Å². The molecule has 6 heteroatoms. The molecule has 0 spiro atoms. The number of alkyl halides is 3. The maximum absolute atomic E-state index is 12.2. The number of aliphatic hydroxyl groups excluding tert-OH is 1. The molecule has 2 fully saturated rings. The fourth-order valence-corrected chi connectivity index (χ4v) is 2.73. The first-order valence-corrected chi connectivity index (χ1v) is 6.04. The van der Waals surface area contributed by atoms with Gasteiger partial charge in [-0.2, -0.15) is 13.2 Å². The largest absolute Gasteiger partial charge is 0.401 e. The Bertz CT molecular complexity index is 280. The fourth-order valence-electron chi connectivity index (χ4n) is 2.73. The fraction of sp³-hybridized carbons (Fsp3) is 1.00. The average molecular weight is 252 g/mol. The number of aliphatic hydroxyl groups is 1. The lowest BCUT2D eigenvalue weighted by molar-refractivity contribution is -0.129. The topological polar surface area (TPSA) is 35.5 Å². The van der Waals surface area contributed by atoms with Crippen LogP contribution in [0, 0.1) is 0 Å². The monoisotopic (exact) mass is 252 g/mol. The molecule has 0 aromatic heterocycles. The van der Waals surface area contributed by atoms with E-state index in [1.807, 2.05) is 6.92 Å². The van der Waals surface area contributed by atoms with E-state index in [4.69, 9.17) is 0 Å². The Kier molecular flexibility index (Phi) is 3.40. The highest BCUT2D eigenvalue weighted by Crippen LogP contribution is 2.37.